The van der Waals surface area contributed by atoms with Crippen molar-refractivity contribution in [3.63, 3.8) is 0 Å². The summed E-state index contributed by atoms with van der Waals surface area (Å²) in [6.45, 7) is 18.3. The number of aliphatic carboxylic acids is 1. The lowest BCUT2D eigenvalue weighted by atomic mass is 9.34. The second kappa shape index (κ2) is 15.7. The number of esters is 2. The Kier molecular flexibility index (Phi) is 11.8. The van der Waals surface area contributed by atoms with Gasteiger partial charge in [0.25, 0.3) is 0 Å². The quantitative estimate of drug-likeness (QED) is 0.0944. The third-order valence-corrected chi connectivity index (χ3v) is 16.2. The molecule has 2 amide bonds. The number of fused-ring (bicyclic) bond motifs is 3. The van der Waals surface area contributed by atoms with Gasteiger partial charge in [-0.15, -0.1) is 0 Å². The number of carbonyl (C=O) groups is 4. The number of amides is 2. The van der Waals surface area contributed by atoms with Crippen LogP contribution in [0.25, 0.3) is 0 Å². The molecule has 3 saturated carbocycles. The molecule has 5 aliphatic rings. The van der Waals surface area contributed by atoms with Gasteiger partial charge < -0.3 is 35.7 Å². The molecule has 1 heterocycles. The van der Waals surface area contributed by atoms with Crippen molar-refractivity contribution in [1.82, 2.24) is 5.32 Å². The number of nitrogens with two attached hydrogens (primary N) is 1. The first kappa shape index (κ1) is 42.2. The van der Waals surface area contributed by atoms with Gasteiger partial charge in [-0.3, -0.25) is 14.4 Å². The predicted molar refractivity (Wildman–Crippen MR) is 214 cm³/mol. The lowest BCUT2D eigenvalue weighted by Crippen LogP contribution is -2.70. The smallest absolute Gasteiger partial charge is 0.323 e. The molecule has 1 aromatic rings. The van der Waals surface area contributed by atoms with Crippen molar-refractivity contribution in [3.05, 3.63) is 42.0 Å². The van der Waals surface area contributed by atoms with Gasteiger partial charge in [-0.2, -0.15) is 0 Å². The van der Waals surface area contributed by atoms with E-state index in [2.05, 4.69) is 65.2 Å². The van der Waals surface area contributed by atoms with Crippen molar-refractivity contribution in [3.8, 4) is 0 Å². The summed E-state index contributed by atoms with van der Waals surface area (Å²) in [5.41, 5.74) is 6.35. The number of carboxylic acids is 1. The molecule has 2 bridgehead atoms. The molecule has 11 heteroatoms. The molecule has 1 unspecified atom stereocenters. The maximum absolute atomic E-state index is 13.7. The Labute approximate surface area is 333 Å². The number of nitrogens with one attached hydrogen (secondary N) is 2. The minimum atomic E-state index is -0.877. The maximum atomic E-state index is 13.7. The van der Waals surface area contributed by atoms with Crippen LogP contribution in [0.5, 0.6) is 0 Å². The van der Waals surface area contributed by atoms with E-state index in [0.29, 0.717) is 63.5 Å². The SMILES string of the molecule is CC(=O)O[C@@H]1C[C@@]23COC[C@@](C)([C@@H]2CC[C@H]2C3=CC[C@@]3(C)[C@H](C(=O)O)[C@@](C)([C@H](C)C(C)C)CC[C@]23C)[C@H]1OC(=O)C(N)CCCCNC(=O)Nc1ccccc1. The zero-order valence-corrected chi connectivity index (χ0v) is 35.0. The largest absolute Gasteiger partial charge is 0.481 e. The van der Waals surface area contributed by atoms with Gasteiger partial charge in [0.1, 0.15) is 18.2 Å². The van der Waals surface area contributed by atoms with Crippen molar-refractivity contribution in [2.75, 3.05) is 25.1 Å². The van der Waals surface area contributed by atoms with E-state index in [-0.39, 0.29) is 34.6 Å². The van der Waals surface area contributed by atoms with Gasteiger partial charge in [0.15, 0.2) is 0 Å². The molecular weight excluding hydrogens is 711 g/mol. The average molecular weight is 778 g/mol. The number of para-hydroxylation sites is 1. The Morgan fingerprint density at radius 1 is 0.964 bits per heavy atom. The molecule has 1 aliphatic heterocycles. The molecule has 5 N–H and O–H groups in total. The normalized spacial score (nSPS) is 38.4. The molecule has 6 rings (SSSR count). The standard InChI is InChI=1S/C45H67N3O8/c1-27(2)28(3)41(5)21-22-43(7)31-17-18-35-42(6)25-54-26-45(35,32(31)19-20-44(43,8)36(41)38(50)51)24-34(55-29(4)49)37(42)56-39(52)33(46)16-12-13-23-47-40(53)48-30-14-10-9-11-15-30/h9-11,14-15,19,27-28,31,33-37H,12-13,16-18,20-26,46H2,1-8H3,(H,50,51)(H2,47,48,53)/t28-,31+,33?,34-,35+,36-,37+,41-,42+,43-,44+,45+/m1/s1. The van der Waals surface area contributed by atoms with Crippen molar-refractivity contribution in [1.29, 1.82) is 0 Å². The van der Waals surface area contributed by atoms with Crippen LogP contribution >= 0.6 is 0 Å². The third-order valence-electron chi connectivity index (χ3n) is 16.2. The number of hydrogen-bond donors (Lipinski definition) is 4. The number of hydrogen-bond acceptors (Lipinski definition) is 8. The van der Waals surface area contributed by atoms with Gasteiger partial charge in [-0.1, -0.05) is 78.3 Å². The summed E-state index contributed by atoms with van der Waals surface area (Å²) < 4.78 is 19.0. The lowest BCUT2D eigenvalue weighted by Gasteiger charge is -2.71. The highest BCUT2D eigenvalue weighted by Crippen LogP contribution is 2.75. The van der Waals surface area contributed by atoms with Crippen LogP contribution in [-0.4, -0.2) is 67.1 Å². The van der Waals surface area contributed by atoms with Crippen LogP contribution in [0.15, 0.2) is 42.0 Å². The topological polar surface area (TPSA) is 166 Å². The summed E-state index contributed by atoms with van der Waals surface area (Å²) >= 11 is 0. The summed E-state index contributed by atoms with van der Waals surface area (Å²) in [7, 11) is 0. The number of anilines is 1. The Hall–Kier alpha value is -3.44. The van der Waals surface area contributed by atoms with Crippen LogP contribution in [0.1, 0.15) is 113 Å². The summed E-state index contributed by atoms with van der Waals surface area (Å²) in [4.78, 5) is 52.1. The first-order valence-corrected chi connectivity index (χ1v) is 21.1. The van der Waals surface area contributed by atoms with E-state index >= 15 is 0 Å². The van der Waals surface area contributed by atoms with Gasteiger partial charge in [-0.05, 0) is 110 Å². The summed E-state index contributed by atoms with van der Waals surface area (Å²) in [5, 5.41) is 16.6. The Morgan fingerprint density at radius 3 is 2.34 bits per heavy atom. The molecule has 0 aromatic heterocycles. The first-order chi connectivity index (χ1) is 26.3. The second-order valence-electron chi connectivity index (χ2n) is 19.4. The molecule has 1 aromatic carbocycles. The van der Waals surface area contributed by atoms with Crippen LogP contribution < -0.4 is 16.4 Å². The zero-order chi connectivity index (χ0) is 40.8. The average Bonchev–Trinajstić information content (AvgIpc) is 3.13. The highest BCUT2D eigenvalue weighted by atomic mass is 16.6. The van der Waals surface area contributed by atoms with E-state index in [1.165, 1.54) is 12.5 Å². The molecule has 310 valence electrons. The van der Waals surface area contributed by atoms with E-state index in [1.54, 1.807) is 0 Å². The van der Waals surface area contributed by atoms with Crippen LogP contribution in [0.4, 0.5) is 10.5 Å². The summed E-state index contributed by atoms with van der Waals surface area (Å²) in [6.07, 6.45) is 7.30. The monoisotopic (exact) mass is 777 g/mol. The number of ether oxygens (including phenoxy) is 3. The van der Waals surface area contributed by atoms with Crippen LogP contribution in [-0.2, 0) is 28.6 Å². The number of carbonyl (C=O) groups excluding carboxylic acids is 3. The lowest BCUT2D eigenvalue weighted by molar-refractivity contribution is -0.263. The number of rotatable bonds is 12. The number of carboxylic acid groups (broad SMARTS) is 1. The number of urea groups is 1. The molecule has 0 radical (unpaired) electrons. The fraction of sp³-hybridized carbons (Fsp3) is 0.733. The van der Waals surface area contributed by atoms with Gasteiger partial charge in [-0.25, -0.2) is 4.79 Å². The molecule has 1 saturated heterocycles. The van der Waals surface area contributed by atoms with Crippen LogP contribution in [0.3, 0.4) is 0 Å². The summed E-state index contributed by atoms with van der Waals surface area (Å²) in [6, 6.07) is 8.03. The Balaban J connectivity index is 1.19. The summed E-state index contributed by atoms with van der Waals surface area (Å²) in [5.74, 6) is -1.25. The Bertz CT molecular complexity index is 1680. The van der Waals surface area contributed by atoms with Crippen LogP contribution in [0, 0.1) is 56.7 Å². The highest BCUT2D eigenvalue weighted by molar-refractivity contribution is 5.89. The molecule has 0 spiro atoms. The number of unbranched alkanes of at least 4 members (excludes halogenated alkanes) is 1. The van der Waals surface area contributed by atoms with E-state index in [0.717, 1.165) is 25.7 Å². The van der Waals surface area contributed by atoms with Crippen LogP contribution in [0.2, 0.25) is 0 Å². The fourth-order valence-corrected chi connectivity index (χ4v) is 12.8. The van der Waals surface area contributed by atoms with Gasteiger partial charge in [0.05, 0.1) is 19.1 Å². The van der Waals surface area contributed by atoms with E-state index < -0.39 is 58.3 Å². The molecule has 11 nitrogen and oxygen atoms in total. The van der Waals surface area contributed by atoms with Crippen molar-refractivity contribution < 1.29 is 38.5 Å². The van der Waals surface area contributed by atoms with Crippen molar-refractivity contribution in [2.45, 2.75) is 131 Å². The highest BCUT2D eigenvalue weighted by Gasteiger charge is 2.72. The zero-order valence-electron chi connectivity index (χ0n) is 35.0. The molecular formula is C45H67N3O8. The minimum absolute atomic E-state index is 0.109. The van der Waals surface area contributed by atoms with Gasteiger partial charge >= 0.3 is 23.9 Å². The molecule has 4 aliphatic carbocycles. The van der Waals surface area contributed by atoms with Gasteiger partial charge in [0, 0.05) is 30.0 Å². The molecule has 56 heavy (non-hydrogen) atoms. The fourth-order valence-electron chi connectivity index (χ4n) is 12.8. The number of allylic oxidation sites excluding steroid dienone is 1. The second-order valence-corrected chi connectivity index (χ2v) is 19.4. The molecule has 4 fully saturated rings. The number of benzene rings is 1. The minimum Gasteiger partial charge on any atom is -0.481 e. The molecule has 12 atom stereocenters. The van der Waals surface area contributed by atoms with Crippen molar-refractivity contribution in [2.24, 2.45) is 62.4 Å². The van der Waals surface area contributed by atoms with Crippen molar-refractivity contribution >= 4 is 29.6 Å². The van der Waals surface area contributed by atoms with Gasteiger partial charge in [0.2, 0.25) is 0 Å². The van der Waals surface area contributed by atoms with E-state index in [9.17, 15) is 24.3 Å². The predicted octanol–water partition coefficient (Wildman–Crippen LogP) is 7.74. The van der Waals surface area contributed by atoms with E-state index in [1.807, 2.05) is 30.3 Å². The third kappa shape index (κ3) is 7.07. The first-order valence-electron chi connectivity index (χ1n) is 21.1. The van der Waals surface area contributed by atoms with E-state index in [4.69, 9.17) is 19.9 Å². The maximum Gasteiger partial charge on any atom is 0.323 e. The Morgan fingerprint density at radius 2 is 1.68 bits per heavy atom.